The van der Waals surface area contributed by atoms with E-state index in [1.165, 1.54) is 0 Å². The lowest BCUT2D eigenvalue weighted by atomic mass is 10.2. The average molecular weight is 267 g/mol. The molecule has 0 aliphatic heterocycles. The fourth-order valence-corrected chi connectivity index (χ4v) is 2.56. The van der Waals surface area contributed by atoms with E-state index in [1.807, 2.05) is 48.5 Å². The van der Waals surface area contributed by atoms with Gasteiger partial charge in [-0.15, -0.1) is 11.8 Å². The number of Topliss-reactive ketones (excluding diaryl/α,β-unsaturated/α-hetero) is 1. The molecular formula is C16H13NOS. The monoisotopic (exact) mass is 267 g/mol. The van der Waals surface area contributed by atoms with Gasteiger partial charge in [0.1, 0.15) is 0 Å². The molecule has 3 heteroatoms. The predicted octanol–water partition coefficient (Wildman–Crippen LogP) is 4.05. The van der Waals surface area contributed by atoms with E-state index in [1.54, 1.807) is 18.7 Å². The first kappa shape index (κ1) is 13.4. The Hall–Kier alpha value is -2.05. The zero-order chi connectivity index (χ0) is 13.7. The summed E-state index contributed by atoms with van der Waals surface area (Å²) in [6.07, 6.45) is 0. The summed E-state index contributed by atoms with van der Waals surface area (Å²) in [4.78, 5) is 12.4. The van der Waals surface area contributed by atoms with Gasteiger partial charge in [0, 0.05) is 16.2 Å². The number of hydrogen-bond acceptors (Lipinski definition) is 3. The molecule has 0 N–H and O–H groups in total. The van der Waals surface area contributed by atoms with Crippen LogP contribution >= 0.6 is 11.8 Å². The topological polar surface area (TPSA) is 40.9 Å². The SMILES string of the molecule is CC(=O)c1cccc(SCc2ccc(C#N)cc2)c1. The number of benzene rings is 2. The first-order chi connectivity index (χ1) is 9.19. The van der Waals surface area contributed by atoms with Crippen LogP contribution in [-0.4, -0.2) is 5.78 Å². The van der Waals surface area contributed by atoms with Crippen LogP contribution in [0.25, 0.3) is 0 Å². The second-order valence-corrected chi connectivity index (χ2v) is 5.23. The Morgan fingerprint density at radius 3 is 2.58 bits per heavy atom. The van der Waals surface area contributed by atoms with E-state index in [-0.39, 0.29) is 5.78 Å². The predicted molar refractivity (Wildman–Crippen MR) is 77.2 cm³/mol. The van der Waals surface area contributed by atoms with E-state index < -0.39 is 0 Å². The second-order valence-electron chi connectivity index (χ2n) is 4.18. The molecule has 0 spiro atoms. The van der Waals surface area contributed by atoms with Crippen molar-refractivity contribution in [3.05, 3.63) is 65.2 Å². The molecule has 2 rings (SSSR count). The molecule has 2 aromatic carbocycles. The van der Waals surface area contributed by atoms with Crippen LogP contribution < -0.4 is 0 Å². The van der Waals surface area contributed by atoms with E-state index >= 15 is 0 Å². The minimum atomic E-state index is 0.0841. The molecule has 0 bridgehead atoms. The highest BCUT2D eigenvalue weighted by atomic mass is 32.2. The zero-order valence-electron chi connectivity index (χ0n) is 10.6. The lowest BCUT2D eigenvalue weighted by Gasteiger charge is -2.04. The molecule has 0 amide bonds. The molecule has 0 aliphatic carbocycles. The number of nitriles is 1. The number of nitrogens with zero attached hydrogens (tertiary/aromatic N) is 1. The van der Waals surface area contributed by atoms with Crippen molar-refractivity contribution in [2.24, 2.45) is 0 Å². The Balaban J connectivity index is 2.03. The summed E-state index contributed by atoms with van der Waals surface area (Å²) < 4.78 is 0. The van der Waals surface area contributed by atoms with Crippen molar-refractivity contribution in [3.8, 4) is 6.07 Å². The van der Waals surface area contributed by atoms with Gasteiger partial charge in [-0.05, 0) is 36.8 Å². The number of thioether (sulfide) groups is 1. The smallest absolute Gasteiger partial charge is 0.159 e. The van der Waals surface area contributed by atoms with Gasteiger partial charge < -0.3 is 0 Å². The Morgan fingerprint density at radius 1 is 1.21 bits per heavy atom. The van der Waals surface area contributed by atoms with Gasteiger partial charge in [-0.3, -0.25) is 4.79 Å². The van der Waals surface area contributed by atoms with Crippen LogP contribution in [0, 0.1) is 11.3 Å². The summed E-state index contributed by atoms with van der Waals surface area (Å²) in [7, 11) is 0. The standard InChI is InChI=1S/C16H13NOS/c1-12(18)15-3-2-4-16(9-15)19-11-14-7-5-13(10-17)6-8-14/h2-9H,11H2,1H3. The zero-order valence-corrected chi connectivity index (χ0v) is 11.4. The lowest BCUT2D eigenvalue weighted by molar-refractivity contribution is 0.101. The molecule has 0 aromatic heterocycles. The normalized spacial score (nSPS) is 9.89. The van der Waals surface area contributed by atoms with Crippen molar-refractivity contribution in [1.82, 2.24) is 0 Å². The van der Waals surface area contributed by atoms with Crippen molar-refractivity contribution >= 4 is 17.5 Å². The van der Waals surface area contributed by atoms with E-state index in [0.717, 1.165) is 21.8 Å². The molecule has 0 unspecified atom stereocenters. The van der Waals surface area contributed by atoms with Crippen LogP contribution in [0.15, 0.2) is 53.4 Å². The summed E-state index contributed by atoms with van der Waals surface area (Å²) in [6, 6.07) is 17.3. The van der Waals surface area contributed by atoms with Crippen LogP contribution in [0.2, 0.25) is 0 Å². The van der Waals surface area contributed by atoms with E-state index in [2.05, 4.69) is 6.07 Å². The molecule has 2 aromatic rings. The largest absolute Gasteiger partial charge is 0.295 e. The summed E-state index contributed by atoms with van der Waals surface area (Å²) in [6.45, 7) is 1.57. The minimum absolute atomic E-state index is 0.0841. The van der Waals surface area contributed by atoms with Crippen molar-refractivity contribution in [3.63, 3.8) is 0 Å². The highest BCUT2D eigenvalue weighted by Crippen LogP contribution is 2.23. The molecule has 0 aliphatic rings. The van der Waals surface area contributed by atoms with E-state index in [9.17, 15) is 4.79 Å². The lowest BCUT2D eigenvalue weighted by Crippen LogP contribution is -1.91. The van der Waals surface area contributed by atoms with Crippen LogP contribution in [0.5, 0.6) is 0 Å². The van der Waals surface area contributed by atoms with Crippen molar-refractivity contribution in [2.45, 2.75) is 17.6 Å². The molecule has 2 nitrogen and oxygen atoms in total. The number of rotatable bonds is 4. The summed E-state index contributed by atoms with van der Waals surface area (Å²) in [5.41, 5.74) is 2.58. The van der Waals surface area contributed by atoms with E-state index in [4.69, 9.17) is 5.26 Å². The van der Waals surface area contributed by atoms with Gasteiger partial charge in [-0.2, -0.15) is 5.26 Å². The van der Waals surface area contributed by atoms with Crippen LogP contribution in [0.1, 0.15) is 28.4 Å². The van der Waals surface area contributed by atoms with Gasteiger partial charge in [-0.25, -0.2) is 0 Å². The number of hydrogen-bond donors (Lipinski definition) is 0. The Morgan fingerprint density at radius 2 is 1.95 bits per heavy atom. The maximum atomic E-state index is 11.3. The second kappa shape index (κ2) is 6.21. The number of ketones is 1. The first-order valence-corrected chi connectivity index (χ1v) is 6.90. The Labute approximate surface area is 117 Å². The van der Waals surface area contributed by atoms with Gasteiger partial charge >= 0.3 is 0 Å². The third kappa shape index (κ3) is 3.70. The third-order valence-corrected chi connectivity index (χ3v) is 3.79. The fraction of sp³-hybridized carbons (Fsp3) is 0.125. The van der Waals surface area contributed by atoms with Crippen LogP contribution in [-0.2, 0) is 5.75 Å². The molecule has 0 heterocycles. The molecule has 19 heavy (non-hydrogen) atoms. The van der Waals surface area contributed by atoms with Crippen molar-refractivity contribution < 1.29 is 4.79 Å². The number of carbonyl (C=O) groups is 1. The molecule has 0 saturated carbocycles. The molecule has 0 fully saturated rings. The summed E-state index contributed by atoms with van der Waals surface area (Å²) in [5.74, 6) is 0.911. The fourth-order valence-electron chi connectivity index (χ4n) is 1.65. The Bertz CT molecular complexity index is 626. The first-order valence-electron chi connectivity index (χ1n) is 5.92. The maximum absolute atomic E-state index is 11.3. The number of carbonyl (C=O) groups excluding carboxylic acids is 1. The summed E-state index contributed by atoms with van der Waals surface area (Å²) in [5, 5.41) is 8.73. The van der Waals surface area contributed by atoms with Crippen LogP contribution in [0.4, 0.5) is 0 Å². The van der Waals surface area contributed by atoms with Crippen LogP contribution in [0.3, 0.4) is 0 Å². The molecule has 0 radical (unpaired) electrons. The van der Waals surface area contributed by atoms with Gasteiger partial charge in [0.2, 0.25) is 0 Å². The van der Waals surface area contributed by atoms with E-state index in [0.29, 0.717) is 5.56 Å². The molecule has 0 saturated heterocycles. The van der Waals surface area contributed by atoms with Gasteiger partial charge in [0.25, 0.3) is 0 Å². The highest BCUT2D eigenvalue weighted by Gasteiger charge is 2.01. The third-order valence-electron chi connectivity index (χ3n) is 2.73. The van der Waals surface area contributed by atoms with Gasteiger partial charge in [-0.1, -0.05) is 24.3 Å². The van der Waals surface area contributed by atoms with Gasteiger partial charge in [0.15, 0.2) is 5.78 Å². The van der Waals surface area contributed by atoms with Gasteiger partial charge in [0.05, 0.1) is 11.6 Å². The quantitative estimate of drug-likeness (QED) is 0.619. The molecular weight excluding hydrogens is 254 g/mol. The maximum Gasteiger partial charge on any atom is 0.159 e. The molecule has 94 valence electrons. The van der Waals surface area contributed by atoms with Crippen molar-refractivity contribution in [2.75, 3.05) is 0 Å². The average Bonchev–Trinajstić information content (AvgIpc) is 2.46. The Kier molecular flexibility index (Phi) is 4.38. The van der Waals surface area contributed by atoms with Crippen molar-refractivity contribution in [1.29, 1.82) is 5.26 Å². The minimum Gasteiger partial charge on any atom is -0.295 e. The summed E-state index contributed by atoms with van der Waals surface area (Å²) >= 11 is 1.68. The molecule has 0 atom stereocenters. The highest BCUT2D eigenvalue weighted by molar-refractivity contribution is 7.98.